The minimum atomic E-state index is -0.682. The molecule has 0 aliphatic rings. The van der Waals surface area contributed by atoms with Gasteiger partial charge in [0.05, 0.1) is 17.4 Å². The predicted octanol–water partition coefficient (Wildman–Crippen LogP) is 4.32. The zero-order chi connectivity index (χ0) is 20.0. The number of amides is 1. The summed E-state index contributed by atoms with van der Waals surface area (Å²) in [6.45, 7) is 2.19. The summed E-state index contributed by atoms with van der Waals surface area (Å²) in [7, 11) is 0. The molecule has 0 saturated carbocycles. The molecular weight excluding hydrogens is 371 g/mol. The van der Waals surface area contributed by atoms with Crippen LogP contribution in [0.2, 0.25) is 0 Å². The highest BCUT2D eigenvalue weighted by Crippen LogP contribution is 2.34. The van der Waals surface area contributed by atoms with Gasteiger partial charge in [-0.25, -0.2) is 0 Å². The van der Waals surface area contributed by atoms with E-state index in [2.05, 4.69) is 25.6 Å². The number of benzene rings is 2. The number of aromatic nitrogens is 5. The molecule has 1 amide bonds. The molecular formula is C21H17FN6O. The van der Waals surface area contributed by atoms with Crippen LogP contribution in [0, 0.1) is 5.95 Å². The van der Waals surface area contributed by atoms with Gasteiger partial charge >= 0.3 is 0 Å². The number of carbonyl (C=O) groups excluding carboxylic acids is 1. The van der Waals surface area contributed by atoms with Gasteiger partial charge in [-0.05, 0) is 42.3 Å². The maximum absolute atomic E-state index is 13.6. The van der Waals surface area contributed by atoms with Crippen LogP contribution >= 0.6 is 0 Å². The van der Waals surface area contributed by atoms with Crippen LogP contribution in [0.15, 0.2) is 54.9 Å². The normalized spacial score (nSPS) is 11.4. The molecule has 5 aromatic rings. The zero-order valence-electron chi connectivity index (χ0n) is 15.5. The number of nitrogens with zero attached hydrogens (tertiary/aromatic N) is 3. The highest BCUT2D eigenvalue weighted by Gasteiger charge is 2.17. The lowest BCUT2D eigenvalue weighted by Gasteiger charge is -2.11. The van der Waals surface area contributed by atoms with Crippen LogP contribution in [0.25, 0.3) is 32.9 Å². The first-order chi connectivity index (χ1) is 14.1. The summed E-state index contributed by atoms with van der Waals surface area (Å²) in [6, 6.07) is 13.1. The fourth-order valence-corrected chi connectivity index (χ4v) is 3.64. The summed E-state index contributed by atoms with van der Waals surface area (Å²) in [6.07, 6.45) is 3.55. The van der Waals surface area contributed by atoms with Crippen LogP contribution in [0.5, 0.6) is 0 Å². The molecule has 3 N–H and O–H groups in total. The summed E-state index contributed by atoms with van der Waals surface area (Å²) in [4.78, 5) is 16.0. The van der Waals surface area contributed by atoms with Gasteiger partial charge < -0.3 is 10.3 Å². The Morgan fingerprint density at radius 1 is 1.17 bits per heavy atom. The number of halogens is 1. The summed E-state index contributed by atoms with van der Waals surface area (Å²) >= 11 is 0. The summed E-state index contributed by atoms with van der Waals surface area (Å²) < 4.78 is 14.9. The molecule has 3 aromatic heterocycles. The molecule has 0 bridgehead atoms. The maximum Gasteiger partial charge on any atom is 0.274 e. The highest BCUT2D eigenvalue weighted by atomic mass is 19.1. The van der Waals surface area contributed by atoms with Crippen LogP contribution in [0.3, 0.4) is 0 Å². The molecule has 0 saturated heterocycles. The van der Waals surface area contributed by atoms with E-state index in [1.165, 1.54) is 4.68 Å². The Balaban J connectivity index is 1.62. The standard InChI is InChI=1S/C21H17FN6O/c1-2-28-19(10-20(22)27-28)21(29)25-17-8-12(9-18-15(17)11-24-26-18)13-4-3-5-16-14(13)6-7-23-16/h3-11,23H,2H2,1H3,(H,24,26)(H,25,29). The minimum Gasteiger partial charge on any atom is -0.361 e. The lowest BCUT2D eigenvalue weighted by molar-refractivity contribution is 0.101. The number of hydrogen-bond acceptors (Lipinski definition) is 3. The number of H-pyrrole nitrogens is 2. The fraction of sp³-hybridized carbons (Fsp3) is 0.0952. The van der Waals surface area contributed by atoms with Crippen molar-refractivity contribution in [2.24, 2.45) is 0 Å². The van der Waals surface area contributed by atoms with Gasteiger partial charge in [0.25, 0.3) is 5.91 Å². The van der Waals surface area contributed by atoms with Crippen LogP contribution in [-0.2, 0) is 6.54 Å². The van der Waals surface area contributed by atoms with Gasteiger partial charge in [-0.15, -0.1) is 5.10 Å². The van der Waals surface area contributed by atoms with E-state index in [0.717, 1.165) is 39.0 Å². The van der Waals surface area contributed by atoms with Gasteiger partial charge in [-0.2, -0.15) is 9.49 Å². The van der Waals surface area contributed by atoms with Crippen molar-refractivity contribution in [3.63, 3.8) is 0 Å². The number of aromatic amines is 2. The summed E-state index contributed by atoms with van der Waals surface area (Å²) in [5, 5.41) is 15.5. The van der Waals surface area contributed by atoms with Crippen LogP contribution in [-0.4, -0.2) is 30.9 Å². The highest BCUT2D eigenvalue weighted by molar-refractivity contribution is 6.09. The lowest BCUT2D eigenvalue weighted by Crippen LogP contribution is -2.17. The van der Waals surface area contributed by atoms with Gasteiger partial charge in [0.15, 0.2) is 0 Å². The average Bonchev–Trinajstić information content (AvgIpc) is 3.46. The van der Waals surface area contributed by atoms with E-state index in [9.17, 15) is 9.18 Å². The Morgan fingerprint density at radius 3 is 2.93 bits per heavy atom. The van der Waals surface area contributed by atoms with E-state index in [0.29, 0.717) is 12.2 Å². The van der Waals surface area contributed by atoms with E-state index in [1.807, 2.05) is 42.6 Å². The minimum absolute atomic E-state index is 0.166. The number of rotatable bonds is 4. The van der Waals surface area contributed by atoms with Crippen molar-refractivity contribution in [2.45, 2.75) is 13.5 Å². The number of aryl methyl sites for hydroxylation is 1. The van der Waals surface area contributed by atoms with Crippen LogP contribution in [0.4, 0.5) is 10.1 Å². The van der Waals surface area contributed by atoms with Gasteiger partial charge in [0.2, 0.25) is 5.95 Å². The monoisotopic (exact) mass is 388 g/mol. The molecule has 144 valence electrons. The third-order valence-corrected chi connectivity index (χ3v) is 5.00. The fourth-order valence-electron chi connectivity index (χ4n) is 3.64. The second-order valence-corrected chi connectivity index (χ2v) is 6.72. The van der Waals surface area contributed by atoms with Crippen molar-refractivity contribution in [2.75, 3.05) is 5.32 Å². The first-order valence-corrected chi connectivity index (χ1v) is 9.22. The zero-order valence-corrected chi connectivity index (χ0v) is 15.5. The topological polar surface area (TPSA) is 91.4 Å². The molecule has 0 unspecified atom stereocenters. The number of nitrogens with one attached hydrogen (secondary N) is 3. The van der Waals surface area contributed by atoms with Crippen molar-refractivity contribution >= 4 is 33.4 Å². The Bertz CT molecular complexity index is 1360. The molecule has 5 rings (SSSR count). The molecule has 0 aliphatic carbocycles. The van der Waals surface area contributed by atoms with E-state index in [1.54, 1.807) is 13.1 Å². The molecule has 2 aromatic carbocycles. The molecule has 7 nitrogen and oxygen atoms in total. The van der Waals surface area contributed by atoms with Crippen molar-refractivity contribution < 1.29 is 9.18 Å². The Labute approximate surface area is 164 Å². The van der Waals surface area contributed by atoms with Crippen molar-refractivity contribution in [3.05, 3.63) is 66.5 Å². The molecule has 0 radical (unpaired) electrons. The number of carbonyl (C=O) groups is 1. The Hall–Kier alpha value is -3.94. The van der Waals surface area contributed by atoms with Crippen LogP contribution in [0.1, 0.15) is 17.4 Å². The van der Waals surface area contributed by atoms with Gasteiger partial charge in [0.1, 0.15) is 5.69 Å². The largest absolute Gasteiger partial charge is 0.361 e. The predicted molar refractivity (Wildman–Crippen MR) is 109 cm³/mol. The van der Waals surface area contributed by atoms with E-state index in [4.69, 9.17) is 0 Å². The second kappa shape index (κ2) is 6.59. The van der Waals surface area contributed by atoms with Crippen LogP contribution < -0.4 is 5.32 Å². The first kappa shape index (κ1) is 17.2. The van der Waals surface area contributed by atoms with Crippen molar-refractivity contribution in [3.8, 4) is 11.1 Å². The van der Waals surface area contributed by atoms with Gasteiger partial charge in [-0.3, -0.25) is 14.6 Å². The lowest BCUT2D eigenvalue weighted by atomic mass is 9.99. The molecule has 0 atom stereocenters. The Kier molecular flexibility index (Phi) is 3.90. The molecule has 0 spiro atoms. The number of anilines is 1. The summed E-state index contributed by atoms with van der Waals surface area (Å²) in [5.74, 6) is -1.11. The molecule has 0 aliphatic heterocycles. The van der Waals surface area contributed by atoms with Gasteiger partial charge in [0, 0.05) is 35.1 Å². The second-order valence-electron chi connectivity index (χ2n) is 6.72. The number of fused-ring (bicyclic) bond motifs is 2. The quantitative estimate of drug-likeness (QED) is 0.428. The Morgan fingerprint density at radius 2 is 2.07 bits per heavy atom. The smallest absolute Gasteiger partial charge is 0.274 e. The van der Waals surface area contributed by atoms with Crippen molar-refractivity contribution in [1.29, 1.82) is 0 Å². The van der Waals surface area contributed by atoms with E-state index in [-0.39, 0.29) is 5.69 Å². The van der Waals surface area contributed by atoms with Crippen molar-refractivity contribution in [1.82, 2.24) is 25.0 Å². The average molecular weight is 388 g/mol. The number of hydrogen-bond donors (Lipinski definition) is 3. The first-order valence-electron chi connectivity index (χ1n) is 9.22. The third-order valence-electron chi connectivity index (χ3n) is 5.00. The SMILES string of the molecule is CCn1nc(F)cc1C(=O)Nc1cc(-c2cccc3[nH]ccc23)cc2[nH]ncc12. The molecule has 29 heavy (non-hydrogen) atoms. The molecule has 0 fully saturated rings. The van der Waals surface area contributed by atoms with E-state index < -0.39 is 11.9 Å². The maximum atomic E-state index is 13.6. The summed E-state index contributed by atoms with van der Waals surface area (Å²) in [5.41, 5.74) is 4.53. The van der Waals surface area contributed by atoms with Gasteiger partial charge in [-0.1, -0.05) is 12.1 Å². The molecule has 8 heteroatoms. The van der Waals surface area contributed by atoms with E-state index >= 15 is 0 Å². The molecule has 3 heterocycles. The third kappa shape index (κ3) is 2.85.